The van der Waals surface area contributed by atoms with Crippen molar-refractivity contribution in [2.45, 2.75) is 24.6 Å². The van der Waals surface area contributed by atoms with E-state index in [4.69, 9.17) is 20.4 Å². The number of fused-ring (bicyclic) bond motifs is 1. The number of benzene rings is 1. The van der Waals surface area contributed by atoms with Crippen molar-refractivity contribution < 1.29 is 30.1 Å². The molecule has 1 aromatic heterocycles. The molecule has 5 N–H and O–H groups in total. The summed E-state index contributed by atoms with van der Waals surface area (Å²) in [5.41, 5.74) is 1.04. The summed E-state index contributed by atoms with van der Waals surface area (Å²) in [6, 6.07) is 6.54. The number of nitro groups is 1. The zero-order valence-electron chi connectivity index (χ0n) is 11.4. The fourth-order valence-electron chi connectivity index (χ4n) is 2.03. The van der Waals surface area contributed by atoms with Gasteiger partial charge in [0.15, 0.2) is 6.29 Å². The molecule has 1 aliphatic rings. The largest absolute Gasteiger partial charge is 0.394 e. The Morgan fingerprint density at radius 1 is 1.23 bits per heavy atom. The van der Waals surface area contributed by atoms with Gasteiger partial charge in [0.2, 0.25) is 0 Å². The Morgan fingerprint density at radius 3 is 2.45 bits per heavy atom. The first kappa shape index (κ1) is 16.3. The number of hydrogen-bond acceptors (Lipinski definition) is 7. The van der Waals surface area contributed by atoms with Crippen LogP contribution < -0.4 is 0 Å². The third kappa shape index (κ3) is 3.40. The molecule has 22 heavy (non-hydrogen) atoms. The first-order chi connectivity index (χ1) is 10.4. The third-order valence-corrected chi connectivity index (χ3v) is 3.26. The van der Waals surface area contributed by atoms with Crippen LogP contribution in [0.25, 0.3) is 10.9 Å². The van der Waals surface area contributed by atoms with E-state index in [9.17, 15) is 10.1 Å². The molecule has 120 valence electrons. The van der Waals surface area contributed by atoms with E-state index in [-0.39, 0.29) is 5.69 Å². The zero-order chi connectivity index (χ0) is 16.3. The van der Waals surface area contributed by atoms with Gasteiger partial charge in [0.25, 0.3) is 5.69 Å². The molecule has 0 bridgehead atoms. The van der Waals surface area contributed by atoms with Gasteiger partial charge in [-0.2, -0.15) is 0 Å². The highest BCUT2D eigenvalue weighted by atomic mass is 16.6. The van der Waals surface area contributed by atoms with Gasteiger partial charge in [-0.05, 0) is 12.1 Å². The van der Waals surface area contributed by atoms with Gasteiger partial charge >= 0.3 is 0 Å². The predicted molar refractivity (Wildman–Crippen MR) is 74.9 cm³/mol. The lowest BCUT2D eigenvalue weighted by atomic mass is 10.1. The van der Waals surface area contributed by atoms with Crippen LogP contribution in [0.3, 0.4) is 0 Å². The van der Waals surface area contributed by atoms with Gasteiger partial charge in [-0.1, -0.05) is 0 Å². The summed E-state index contributed by atoms with van der Waals surface area (Å²) < 4.78 is 4.54. The highest BCUT2D eigenvalue weighted by Crippen LogP contribution is 2.19. The monoisotopic (exact) mass is 312 g/mol. The molecular formula is C13H16N2O7. The van der Waals surface area contributed by atoms with Gasteiger partial charge in [-0.15, -0.1) is 0 Å². The van der Waals surface area contributed by atoms with E-state index in [0.29, 0.717) is 0 Å². The Morgan fingerprint density at radius 2 is 1.95 bits per heavy atom. The summed E-state index contributed by atoms with van der Waals surface area (Å²) in [4.78, 5) is 12.9. The summed E-state index contributed by atoms with van der Waals surface area (Å²) in [7, 11) is 0. The van der Waals surface area contributed by atoms with Crippen LogP contribution in [-0.2, 0) is 4.74 Å². The van der Waals surface area contributed by atoms with Crippen LogP contribution in [0.1, 0.15) is 0 Å². The average molecular weight is 312 g/mol. The number of nitrogens with one attached hydrogen (secondary N) is 1. The Labute approximate surface area is 124 Å². The number of nitrogens with zero attached hydrogens (tertiary/aromatic N) is 1. The number of H-pyrrole nitrogens is 1. The number of hydrogen-bond donors (Lipinski definition) is 5. The van der Waals surface area contributed by atoms with Crippen LogP contribution in [0, 0.1) is 10.1 Å². The first-order valence-corrected chi connectivity index (χ1v) is 6.46. The van der Waals surface area contributed by atoms with Crippen LogP contribution in [0.4, 0.5) is 5.69 Å². The number of aromatic nitrogens is 1. The number of rotatable bonds is 2. The molecule has 0 radical (unpaired) electrons. The number of aliphatic hydroxyl groups is 4. The molecule has 0 spiro atoms. The fourth-order valence-corrected chi connectivity index (χ4v) is 2.03. The molecule has 3 rings (SSSR count). The first-order valence-electron chi connectivity index (χ1n) is 6.46. The van der Waals surface area contributed by atoms with Crippen molar-refractivity contribution in [3.8, 4) is 0 Å². The molecule has 9 heteroatoms. The molecule has 1 aromatic carbocycles. The number of ether oxygens (including phenoxy) is 1. The van der Waals surface area contributed by atoms with Crippen LogP contribution in [-0.4, -0.2) is 61.5 Å². The lowest BCUT2D eigenvalue weighted by Crippen LogP contribution is -2.33. The summed E-state index contributed by atoms with van der Waals surface area (Å²) in [5, 5.41) is 46.2. The topological polar surface area (TPSA) is 149 Å². The molecule has 2 aromatic rings. The van der Waals surface area contributed by atoms with Crippen molar-refractivity contribution in [1.29, 1.82) is 0 Å². The fraction of sp³-hybridized carbons (Fsp3) is 0.385. The van der Waals surface area contributed by atoms with Crippen LogP contribution >= 0.6 is 0 Å². The molecule has 1 aliphatic heterocycles. The van der Waals surface area contributed by atoms with E-state index in [1.807, 2.05) is 6.07 Å². The van der Waals surface area contributed by atoms with E-state index < -0.39 is 36.1 Å². The van der Waals surface area contributed by atoms with Gasteiger partial charge < -0.3 is 30.1 Å². The van der Waals surface area contributed by atoms with E-state index >= 15 is 0 Å². The Balaban J connectivity index is 0.000000164. The van der Waals surface area contributed by atoms with Gasteiger partial charge in [0.1, 0.15) is 18.3 Å². The van der Waals surface area contributed by atoms with Crippen molar-refractivity contribution >= 4 is 16.6 Å². The summed E-state index contributed by atoms with van der Waals surface area (Å²) in [6.45, 7) is -0.407. The SMILES string of the molecule is O=[N+]([O-])c1ccc2[nH]ccc2c1.OC[C@H]1O[C@@H](O)[C@H](O)[C@@H]1O. The number of aromatic amines is 1. The minimum absolute atomic E-state index is 0.127. The van der Waals surface area contributed by atoms with E-state index in [1.165, 1.54) is 6.07 Å². The van der Waals surface area contributed by atoms with E-state index in [2.05, 4.69) is 9.72 Å². The molecule has 4 atom stereocenters. The maximum Gasteiger partial charge on any atom is 0.270 e. The average Bonchev–Trinajstić information content (AvgIpc) is 3.07. The predicted octanol–water partition coefficient (Wildman–Crippen LogP) is -0.506. The second kappa shape index (κ2) is 6.81. The lowest BCUT2D eigenvalue weighted by Gasteiger charge is -2.09. The van der Waals surface area contributed by atoms with Gasteiger partial charge in [0, 0.05) is 29.2 Å². The molecule has 0 saturated carbocycles. The lowest BCUT2D eigenvalue weighted by molar-refractivity contribution is -0.384. The molecule has 1 fully saturated rings. The summed E-state index contributed by atoms with van der Waals surface area (Å²) in [5.74, 6) is 0. The molecule has 0 aliphatic carbocycles. The van der Waals surface area contributed by atoms with E-state index in [0.717, 1.165) is 10.9 Å². The zero-order valence-corrected chi connectivity index (χ0v) is 11.4. The molecule has 0 amide bonds. The number of non-ortho nitro benzene ring substituents is 1. The third-order valence-electron chi connectivity index (χ3n) is 3.26. The Hall–Kier alpha value is -2.04. The second-order valence-corrected chi connectivity index (χ2v) is 4.74. The number of nitro benzene ring substituents is 1. The highest BCUT2D eigenvalue weighted by Gasteiger charge is 2.41. The van der Waals surface area contributed by atoms with Crippen molar-refractivity contribution in [3.63, 3.8) is 0 Å². The standard InChI is InChI=1S/C8H6N2O2.C5H10O5/c11-10(12)7-1-2-8-6(5-7)3-4-9-8;6-1-2-3(7)4(8)5(9)10-2/h1-5,9H;2-9H,1H2/t;2-,3-,4-,5-/m.1/s1. The van der Waals surface area contributed by atoms with Crippen molar-refractivity contribution in [2.24, 2.45) is 0 Å². The Kier molecular flexibility index (Phi) is 5.06. The minimum atomic E-state index is -1.38. The quantitative estimate of drug-likeness (QED) is 0.370. The van der Waals surface area contributed by atoms with E-state index in [1.54, 1.807) is 18.3 Å². The van der Waals surface area contributed by atoms with Crippen molar-refractivity contribution in [1.82, 2.24) is 4.98 Å². The smallest absolute Gasteiger partial charge is 0.270 e. The molecule has 2 heterocycles. The van der Waals surface area contributed by atoms with Gasteiger partial charge in [-0.3, -0.25) is 10.1 Å². The van der Waals surface area contributed by atoms with Gasteiger partial charge in [-0.25, -0.2) is 0 Å². The van der Waals surface area contributed by atoms with Crippen LogP contribution in [0.2, 0.25) is 0 Å². The van der Waals surface area contributed by atoms with Crippen LogP contribution in [0.5, 0.6) is 0 Å². The molecule has 1 saturated heterocycles. The van der Waals surface area contributed by atoms with Gasteiger partial charge in [0.05, 0.1) is 11.5 Å². The minimum Gasteiger partial charge on any atom is -0.394 e. The molecule has 0 unspecified atom stereocenters. The molecule has 9 nitrogen and oxygen atoms in total. The van der Waals surface area contributed by atoms with Crippen molar-refractivity contribution in [2.75, 3.05) is 6.61 Å². The van der Waals surface area contributed by atoms with Crippen molar-refractivity contribution in [3.05, 3.63) is 40.6 Å². The maximum absolute atomic E-state index is 10.4. The highest BCUT2D eigenvalue weighted by molar-refractivity contribution is 5.81. The maximum atomic E-state index is 10.4. The Bertz CT molecular complexity index is 644. The molecular weight excluding hydrogens is 296 g/mol. The normalized spacial score (nSPS) is 27.5. The van der Waals surface area contributed by atoms with Crippen LogP contribution in [0.15, 0.2) is 30.5 Å². The summed E-state index contributed by atoms with van der Waals surface area (Å²) >= 11 is 0. The second-order valence-electron chi connectivity index (χ2n) is 4.74. The number of aliphatic hydroxyl groups excluding tert-OH is 4. The summed E-state index contributed by atoms with van der Waals surface area (Å²) in [6.07, 6.45) is -3.00.